The maximum atomic E-state index is 13.7. The molecule has 0 aromatic heterocycles. The predicted octanol–water partition coefficient (Wildman–Crippen LogP) is 2.13. The fourth-order valence-corrected chi connectivity index (χ4v) is 1.88. The second kappa shape index (κ2) is 4.93. The summed E-state index contributed by atoms with van der Waals surface area (Å²) in [4.78, 5) is 0. The van der Waals surface area contributed by atoms with Crippen LogP contribution in [0.3, 0.4) is 0 Å². The van der Waals surface area contributed by atoms with E-state index < -0.39 is 0 Å². The fraction of sp³-hybridized carbons (Fsp3) is 0.538. The molecule has 0 bridgehead atoms. The van der Waals surface area contributed by atoms with Crippen LogP contribution in [-0.4, -0.2) is 13.1 Å². The standard InChI is InChI=1S/C13H19FN2/c1-9-2-5-12(14)11(6-9)13(7-15)16-8-10-3-4-10/h2,5-6,10,13,16H,3-4,7-8,15H2,1H3. The molecule has 3 N–H and O–H groups in total. The summed E-state index contributed by atoms with van der Waals surface area (Å²) in [6, 6.07) is 5.13. The third-order valence-electron chi connectivity index (χ3n) is 3.11. The van der Waals surface area contributed by atoms with Gasteiger partial charge in [-0.05, 0) is 38.3 Å². The van der Waals surface area contributed by atoms with Gasteiger partial charge in [-0.15, -0.1) is 0 Å². The highest BCUT2D eigenvalue weighted by atomic mass is 19.1. The monoisotopic (exact) mass is 222 g/mol. The molecule has 1 aromatic rings. The Bertz CT molecular complexity index is 361. The molecule has 16 heavy (non-hydrogen) atoms. The van der Waals surface area contributed by atoms with E-state index in [4.69, 9.17) is 5.73 Å². The number of rotatable bonds is 5. The zero-order valence-electron chi connectivity index (χ0n) is 9.67. The van der Waals surface area contributed by atoms with Crippen molar-refractivity contribution >= 4 is 0 Å². The van der Waals surface area contributed by atoms with Crippen LogP contribution in [0.2, 0.25) is 0 Å². The maximum Gasteiger partial charge on any atom is 0.128 e. The van der Waals surface area contributed by atoms with Crippen molar-refractivity contribution in [3.8, 4) is 0 Å². The van der Waals surface area contributed by atoms with E-state index in [0.717, 1.165) is 18.0 Å². The van der Waals surface area contributed by atoms with Crippen molar-refractivity contribution in [1.82, 2.24) is 5.32 Å². The van der Waals surface area contributed by atoms with Crippen molar-refractivity contribution in [2.45, 2.75) is 25.8 Å². The van der Waals surface area contributed by atoms with Gasteiger partial charge >= 0.3 is 0 Å². The van der Waals surface area contributed by atoms with Gasteiger partial charge in [0.15, 0.2) is 0 Å². The van der Waals surface area contributed by atoms with Crippen LogP contribution in [-0.2, 0) is 0 Å². The van der Waals surface area contributed by atoms with Crippen LogP contribution in [0.4, 0.5) is 4.39 Å². The average Bonchev–Trinajstić information content (AvgIpc) is 3.07. The quantitative estimate of drug-likeness (QED) is 0.801. The fourth-order valence-electron chi connectivity index (χ4n) is 1.88. The Morgan fingerprint density at radius 1 is 1.50 bits per heavy atom. The van der Waals surface area contributed by atoms with Crippen molar-refractivity contribution in [2.75, 3.05) is 13.1 Å². The lowest BCUT2D eigenvalue weighted by Crippen LogP contribution is -2.30. The Morgan fingerprint density at radius 3 is 2.88 bits per heavy atom. The molecule has 1 atom stereocenters. The lowest BCUT2D eigenvalue weighted by atomic mass is 10.0. The minimum atomic E-state index is -0.163. The molecule has 1 aliphatic carbocycles. The number of nitrogens with one attached hydrogen (secondary N) is 1. The lowest BCUT2D eigenvalue weighted by Gasteiger charge is -2.18. The van der Waals surface area contributed by atoms with Crippen molar-refractivity contribution in [3.63, 3.8) is 0 Å². The molecule has 0 amide bonds. The summed E-state index contributed by atoms with van der Waals surface area (Å²) in [7, 11) is 0. The molecule has 1 aromatic carbocycles. The number of benzene rings is 1. The molecule has 2 nitrogen and oxygen atoms in total. The first kappa shape index (κ1) is 11.6. The summed E-state index contributed by atoms with van der Waals surface area (Å²) in [6.07, 6.45) is 2.58. The van der Waals surface area contributed by atoms with Gasteiger partial charge < -0.3 is 11.1 Å². The topological polar surface area (TPSA) is 38.0 Å². The Morgan fingerprint density at radius 2 is 2.25 bits per heavy atom. The minimum Gasteiger partial charge on any atom is -0.329 e. The molecule has 1 saturated carbocycles. The van der Waals surface area contributed by atoms with Crippen LogP contribution >= 0.6 is 0 Å². The van der Waals surface area contributed by atoms with Crippen LogP contribution < -0.4 is 11.1 Å². The first-order valence-electron chi connectivity index (χ1n) is 5.90. The highest BCUT2D eigenvalue weighted by Gasteiger charge is 2.23. The smallest absolute Gasteiger partial charge is 0.128 e. The first-order valence-corrected chi connectivity index (χ1v) is 5.90. The highest BCUT2D eigenvalue weighted by molar-refractivity contribution is 5.27. The van der Waals surface area contributed by atoms with Crippen molar-refractivity contribution < 1.29 is 4.39 Å². The summed E-state index contributed by atoms with van der Waals surface area (Å²) in [5.74, 6) is 0.617. The molecule has 1 unspecified atom stereocenters. The van der Waals surface area contributed by atoms with E-state index in [9.17, 15) is 4.39 Å². The number of aryl methyl sites for hydroxylation is 1. The molecule has 3 heteroatoms. The van der Waals surface area contributed by atoms with E-state index in [1.807, 2.05) is 13.0 Å². The van der Waals surface area contributed by atoms with Gasteiger partial charge in [-0.25, -0.2) is 4.39 Å². The van der Waals surface area contributed by atoms with E-state index in [1.54, 1.807) is 6.07 Å². The minimum absolute atomic E-state index is 0.0551. The summed E-state index contributed by atoms with van der Waals surface area (Å²) in [5, 5.41) is 3.35. The SMILES string of the molecule is Cc1ccc(F)c(C(CN)NCC2CC2)c1. The van der Waals surface area contributed by atoms with E-state index in [-0.39, 0.29) is 11.9 Å². The van der Waals surface area contributed by atoms with Crippen molar-refractivity contribution in [2.24, 2.45) is 11.7 Å². The second-order valence-corrected chi connectivity index (χ2v) is 4.66. The lowest BCUT2D eigenvalue weighted by molar-refractivity contribution is 0.493. The van der Waals surface area contributed by atoms with Gasteiger partial charge in [-0.1, -0.05) is 17.7 Å². The average molecular weight is 222 g/mol. The Balaban J connectivity index is 2.07. The first-order chi connectivity index (χ1) is 7.70. The van der Waals surface area contributed by atoms with Crippen molar-refractivity contribution in [1.29, 1.82) is 0 Å². The molecule has 1 fully saturated rings. The van der Waals surface area contributed by atoms with Gasteiger partial charge in [-0.2, -0.15) is 0 Å². The Labute approximate surface area is 96.0 Å². The van der Waals surface area contributed by atoms with Crippen LogP contribution in [0.1, 0.15) is 30.0 Å². The zero-order chi connectivity index (χ0) is 11.5. The number of nitrogens with two attached hydrogens (primary N) is 1. The molecular formula is C13H19FN2. The second-order valence-electron chi connectivity index (χ2n) is 4.66. The highest BCUT2D eigenvalue weighted by Crippen LogP contribution is 2.28. The van der Waals surface area contributed by atoms with E-state index in [0.29, 0.717) is 12.1 Å². The molecule has 0 saturated heterocycles. The molecule has 0 heterocycles. The molecule has 2 rings (SSSR count). The number of hydrogen-bond acceptors (Lipinski definition) is 2. The van der Waals surface area contributed by atoms with Gasteiger partial charge in [0, 0.05) is 18.2 Å². The van der Waals surface area contributed by atoms with Crippen molar-refractivity contribution in [3.05, 3.63) is 35.1 Å². The molecular weight excluding hydrogens is 203 g/mol. The van der Waals surface area contributed by atoms with E-state index in [2.05, 4.69) is 5.32 Å². The summed E-state index contributed by atoms with van der Waals surface area (Å²) in [5.41, 5.74) is 7.47. The van der Waals surface area contributed by atoms with Gasteiger partial charge in [0.25, 0.3) is 0 Å². The number of hydrogen-bond donors (Lipinski definition) is 2. The summed E-state index contributed by atoms with van der Waals surface area (Å²) >= 11 is 0. The molecule has 88 valence electrons. The molecule has 1 aliphatic rings. The Hall–Kier alpha value is -0.930. The summed E-state index contributed by atoms with van der Waals surface area (Å²) < 4.78 is 13.7. The molecule has 0 radical (unpaired) electrons. The van der Waals surface area contributed by atoms with Gasteiger partial charge in [0.1, 0.15) is 5.82 Å². The van der Waals surface area contributed by atoms with E-state index in [1.165, 1.54) is 18.9 Å². The van der Waals surface area contributed by atoms with Crippen LogP contribution in [0, 0.1) is 18.7 Å². The maximum absolute atomic E-state index is 13.7. The largest absolute Gasteiger partial charge is 0.329 e. The van der Waals surface area contributed by atoms with Crippen LogP contribution in [0.5, 0.6) is 0 Å². The third-order valence-corrected chi connectivity index (χ3v) is 3.11. The third kappa shape index (κ3) is 2.80. The van der Waals surface area contributed by atoms with E-state index >= 15 is 0 Å². The van der Waals surface area contributed by atoms with Crippen LogP contribution in [0.15, 0.2) is 18.2 Å². The van der Waals surface area contributed by atoms with Gasteiger partial charge in [0.2, 0.25) is 0 Å². The number of halogens is 1. The normalized spacial score (nSPS) is 17.4. The Kier molecular flexibility index (Phi) is 3.56. The van der Waals surface area contributed by atoms with Crippen LogP contribution in [0.25, 0.3) is 0 Å². The summed E-state index contributed by atoms with van der Waals surface area (Å²) in [6.45, 7) is 3.36. The zero-order valence-corrected chi connectivity index (χ0v) is 9.67. The van der Waals surface area contributed by atoms with Gasteiger partial charge in [-0.3, -0.25) is 0 Å². The van der Waals surface area contributed by atoms with Gasteiger partial charge in [0.05, 0.1) is 0 Å². The predicted molar refractivity (Wildman–Crippen MR) is 63.7 cm³/mol. The molecule has 0 aliphatic heterocycles. The molecule has 0 spiro atoms.